The van der Waals surface area contributed by atoms with E-state index < -0.39 is 0 Å². The molecule has 0 amide bonds. The van der Waals surface area contributed by atoms with Crippen LogP contribution >= 0.6 is 0 Å². The molecule has 0 unspecified atom stereocenters. The Balaban J connectivity index is 2.24. The lowest BCUT2D eigenvalue weighted by Gasteiger charge is -2.09. The molecule has 0 radical (unpaired) electrons. The summed E-state index contributed by atoms with van der Waals surface area (Å²) in [6, 6.07) is 5.68. The van der Waals surface area contributed by atoms with E-state index in [1.807, 2.05) is 18.2 Å². The standard InChI is InChI=1S/C13H18N4/c1-9(2)5-6-15-13-11-7-10(14)3-4-12(11)16-8-17-13/h3-4,7-9H,5-6,14H2,1-2H3,(H,15,16,17). The van der Waals surface area contributed by atoms with Crippen molar-refractivity contribution in [3.8, 4) is 0 Å². The Bertz CT molecular complexity index is 508. The van der Waals surface area contributed by atoms with E-state index in [2.05, 4.69) is 29.1 Å². The van der Waals surface area contributed by atoms with Crippen molar-refractivity contribution in [1.29, 1.82) is 0 Å². The normalized spacial score (nSPS) is 11.0. The van der Waals surface area contributed by atoms with E-state index in [0.29, 0.717) is 5.92 Å². The zero-order valence-electron chi connectivity index (χ0n) is 10.3. The van der Waals surface area contributed by atoms with E-state index >= 15 is 0 Å². The predicted octanol–water partition coefficient (Wildman–Crippen LogP) is 2.67. The summed E-state index contributed by atoms with van der Waals surface area (Å²) in [4.78, 5) is 8.49. The Kier molecular flexibility index (Phi) is 3.42. The number of aromatic nitrogens is 2. The van der Waals surface area contributed by atoms with Gasteiger partial charge in [-0.1, -0.05) is 13.8 Å². The van der Waals surface area contributed by atoms with Crippen LogP contribution in [0, 0.1) is 5.92 Å². The molecule has 0 spiro atoms. The van der Waals surface area contributed by atoms with Crippen molar-refractivity contribution in [3.05, 3.63) is 24.5 Å². The number of fused-ring (bicyclic) bond motifs is 1. The van der Waals surface area contributed by atoms with Gasteiger partial charge in [-0.2, -0.15) is 0 Å². The molecule has 1 heterocycles. The lowest BCUT2D eigenvalue weighted by atomic mass is 10.1. The van der Waals surface area contributed by atoms with Gasteiger partial charge in [-0.3, -0.25) is 0 Å². The van der Waals surface area contributed by atoms with Gasteiger partial charge in [0.25, 0.3) is 0 Å². The van der Waals surface area contributed by atoms with Gasteiger partial charge in [0.1, 0.15) is 12.1 Å². The van der Waals surface area contributed by atoms with Crippen molar-refractivity contribution in [2.45, 2.75) is 20.3 Å². The van der Waals surface area contributed by atoms with E-state index in [1.165, 1.54) is 0 Å². The van der Waals surface area contributed by atoms with E-state index in [0.717, 1.165) is 35.4 Å². The lowest BCUT2D eigenvalue weighted by Crippen LogP contribution is -2.07. The highest BCUT2D eigenvalue weighted by Crippen LogP contribution is 2.21. The number of nitrogens with two attached hydrogens (primary N) is 1. The first-order chi connectivity index (χ1) is 8.16. The second kappa shape index (κ2) is 4.99. The third-order valence-corrected chi connectivity index (χ3v) is 2.67. The molecule has 1 aromatic heterocycles. The van der Waals surface area contributed by atoms with Gasteiger partial charge in [-0.05, 0) is 30.5 Å². The smallest absolute Gasteiger partial charge is 0.137 e. The molecule has 0 fully saturated rings. The highest BCUT2D eigenvalue weighted by atomic mass is 15.0. The van der Waals surface area contributed by atoms with Gasteiger partial charge in [0, 0.05) is 17.6 Å². The van der Waals surface area contributed by atoms with Crippen molar-refractivity contribution in [2.24, 2.45) is 5.92 Å². The Morgan fingerprint density at radius 3 is 2.88 bits per heavy atom. The second-order valence-corrected chi connectivity index (χ2v) is 4.61. The Labute approximate surface area is 101 Å². The molecule has 2 rings (SSSR count). The molecule has 0 saturated carbocycles. The van der Waals surface area contributed by atoms with E-state index in [9.17, 15) is 0 Å². The fraction of sp³-hybridized carbons (Fsp3) is 0.385. The van der Waals surface area contributed by atoms with Gasteiger partial charge in [-0.25, -0.2) is 9.97 Å². The van der Waals surface area contributed by atoms with Crippen molar-refractivity contribution < 1.29 is 0 Å². The van der Waals surface area contributed by atoms with Gasteiger partial charge in [0.15, 0.2) is 0 Å². The fourth-order valence-electron chi connectivity index (χ4n) is 1.69. The summed E-state index contributed by atoms with van der Waals surface area (Å²) in [5, 5.41) is 4.32. The minimum atomic E-state index is 0.681. The Hall–Kier alpha value is -1.84. The molecule has 17 heavy (non-hydrogen) atoms. The number of hydrogen-bond acceptors (Lipinski definition) is 4. The van der Waals surface area contributed by atoms with E-state index in [-0.39, 0.29) is 0 Å². The molecule has 1 aromatic carbocycles. The van der Waals surface area contributed by atoms with E-state index in [1.54, 1.807) is 6.33 Å². The van der Waals surface area contributed by atoms with Crippen LogP contribution in [0.4, 0.5) is 11.5 Å². The quantitative estimate of drug-likeness (QED) is 0.793. The highest BCUT2D eigenvalue weighted by molar-refractivity contribution is 5.91. The zero-order valence-corrected chi connectivity index (χ0v) is 10.3. The summed E-state index contributed by atoms with van der Waals surface area (Å²) in [6.07, 6.45) is 2.70. The largest absolute Gasteiger partial charge is 0.399 e. The maximum absolute atomic E-state index is 5.79. The molecular weight excluding hydrogens is 212 g/mol. The summed E-state index contributed by atoms with van der Waals surface area (Å²) in [7, 11) is 0. The van der Waals surface area contributed by atoms with Crippen molar-refractivity contribution in [2.75, 3.05) is 17.6 Å². The Morgan fingerprint density at radius 2 is 2.12 bits per heavy atom. The molecule has 4 nitrogen and oxygen atoms in total. The van der Waals surface area contributed by atoms with Crippen LogP contribution in [0.15, 0.2) is 24.5 Å². The van der Waals surface area contributed by atoms with Gasteiger partial charge >= 0.3 is 0 Å². The van der Waals surface area contributed by atoms with Crippen LogP contribution in [-0.2, 0) is 0 Å². The number of rotatable bonds is 4. The maximum Gasteiger partial charge on any atom is 0.137 e. The average Bonchev–Trinajstić information content (AvgIpc) is 2.29. The monoisotopic (exact) mass is 230 g/mol. The zero-order chi connectivity index (χ0) is 12.3. The molecule has 4 heteroatoms. The Morgan fingerprint density at radius 1 is 1.29 bits per heavy atom. The molecular formula is C13H18N4. The van der Waals surface area contributed by atoms with Crippen LogP contribution in [0.5, 0.6) is 0 Å². The van der Waals surface area contributed by atoms with Crippen molar-refractivity contribution in [1.82, 2.24) is 9.97 Å². The first-order valence-corrected chi connectivity index (χ1v) is 5.91. The molecule has 2 aromatic rings. The molecule has 90 valence electrons. The third-order valence-electron chi connectivity index (χ3n) is 2.67. The number of benzene rings is 1. The minimum Gasteiger partial charge on any atom is -0.399 e. The van der Waals surface area contributed by atoms with Gasteiger partial charge in [-0.15, -0.1) is 0 Å². The topological polar surface area (TPSA) is 63.8 Å². The molecule has 0 aliphatic heterocycles. The van der Waals surface area contributed by atoms with Crippen LogP contribution in [0.25, 0.3) is 10.9 Å². The molecule has 0 atom stereocenters. The number of nitrogens with zero attached hydrogens (tertiary/aromatic N) is 2. The van der Waals surface area contributed by atoms with Crippen molar-refractivity contribution >= 4 is 22.4 Å². The summed E-state index contributed by atoms with van der Waals surface area (Å²) in [5.74, 6) is 1.55. The molecule has 0 aliphatic rings. The lowest BCUT2D eigenvalue weighted by molar-refractivity contribution is 0.607. The second-order valence-electron chi connectivity index (χ2n) is 4.61. The third kappa shape index (κ3) is 2.84. The van der Waals surface area contributed by atoms with Gasteiger partial charge in [0.2, 0.25) is 0 Å². The van der Waals surface area contributed by atoms with Crippen LogP contribution in [0.1, 0.15) is 20.3 Å². The van der Waals surface area contributed by atoms with Crippen LogP contribution in [0.2, 0.25) is 0 Å². The van der Waals surface area contributed by atoms with E-state index in [4.69, 9.17) is 5.73 Å². The SMILES string of the molecule is CC(C)CCNc1ncnc2ccc(N)cc12. The summed E-state index contributed by atoms with van der Waals surface area (Å²) in [5.41, 5.74) is 7.44. The van der Waals surface area contributed by atoms with Crippen LogP contribution in [-0.4, -0.2) is 16.5 Å². The summed E-state index contributed by atoms with van der Waals surface area (Å²) < 4.78 is 0. The van der Waals surface area contributed by atoms with Gasteiger partial charge < -0.3 is 11.1 Å². The summed E-state index contributed by atoms with van der Waals surface area (Å²) in [6.45, 7) is 5.33. The van der Waals surface area contributed by atoms with Crippen LogP contribution < -0.4 is 11.1 Å². The molecule has 3 N–H and O–H groups in total. The number of nitrogens with one attached hydrogen (secondary N) is 1. The number of nitrogen functional groups attached to an aromatic ring is 1. The average molecular weight is 230 g/mol. The predicted molar refractivity (Wildman–Crippen MR) is 71.9 cm³/mol. The number of anilines is 2. The first-order valence-electron chi connectivity index (χ1n) is 5.91. The number of hydrogen-bond donors (Lipinski definition) is 2. The molecule has 0 aliphatic carbocycles. The fourth-order valence-corrected chi connectivity index (χ4v) is 1.69. The maximum atomic E-state index is 5.79. The van der Waals surface area contributed by atoms with Crippen LogP contribution in [0.3, 0.4) is 0 Å². The molecule has 0 saturated heterocycles. The van der Waals surface area contributed by atoms with Crippen molar-refractivity contribution in [3.63, 3.8) is 0 Å². The van der Waals surface area contributed by atoms with Gasteiger partial charge in [0.05, 0.1) is 5.52 Å². The first kappa shape index (κ1) is 11.6. The minimum absolute atomic E-state index is 0.681. The summed E-state index contributed by atoms with van der Waals surface area (Å²) >= 11 is 0. The highest BCUT2D eigenvalue weighted by Gasteiger charge is 2.03. The molecule has 0 bridgehead atoms.